The number of aromatic nitrogens is 2. The first-order valence-corrected chi connectivity index (χ1v) is 6.73. The molecule has 0 atom stereocenters. The van der Waals surface area contributed by atoms with Crippen LogP contribution in [-0.4, -0.2) is 16.1 Å². The second kappa shape index (κ2) is 4.87. The Morgan fingerprint density at radius 3 is 2.89 bits per heavy atom. The van der Waals surface area contributed by atoms with E-state index in [9.17, 15) is 4.79 Å². The molecular weight excluding hydrogens is 285 g/mol. The lowest BCUT2D eigenvalue weighted by atomic mass is 10.2. The van der Waals surface area contributed by atoms with Gasteiger partial charge in [-0.3, -0.25) is 9.89 Å². The number of hydrogen-bond donors (Lipinski definition) is 2. The number of benzene rings is 1. The zero-order chi connectivity index (χ0) is 13.4. The van der Waals surface area contributed by atoms with Crippen LogP contribution in [0.1, 0.15) is 28.2 Å². The summed E-state index contributed by atoms with van der Waals surface area (Å²) < 4.78 is 0. The van der Waals surface area contributed by atoms with Gasteiger partial charge in [0.2, 0.25) is 0 Å². The van der Waals surface area contributed by atoms with Crippen molar-refractivity contribution in [3.8, 4) is 0 Å². The van der Waals surface area contributed by atoms with Gasteiger partial charge in [0.25, 0.3) is 5.91 Å². The Morgan fingerprint density at radius 1 is 1.26 bits per heavy atom. The molecule has 1 heterocycles. The average molecular weight is 296 g/mol. The summed E-state index contributed by atoms with van der Waals surface area (Å²) in [6.45, 7) is 0. The standard InChI is InChI=1S/C13H11Cl2N3O/c14-9-5-4-7(6-10(9)15)16-13(19)12-8-2-1-3-11(8)17-18-12/h4-6H,1-3H2,(H,16,19)(H,17,18). The first kappa shape index (κ1) is 12.5. The van der Waals surface area contributed by atoms with Gasteiger partial charge >= 0.3 is 0 Å². The average Bonchev–Trinajstić information content (AvgIpc) is 2.95. The zero-order valence-electron chi connectivity index (χ0n) is 9.96. The second-order valence-corrected chi connectivity index (χ2v) is 5.28. The molecule has 1 aromatic heterocycles. The van der Waals surface area contributed by atoms with Gasteiger partial charge in [0.1, 0.15) is 0 Å². The van der Waals surface area contributed by atoms with E-state index >= 15 is 0 Å². The van der Waals surface area contributed by atoms with E-state index in [-0.39, 0.29) is 5.91 Å². The van der Waals surface area contributed by atoms with Gasteiger partial charge < -0.3 is 5.32 Å². The van der Waals surface area contributed by atoms with Gasteiger partial charge in [-0.25, -0.2) is 0 Å². The van der Waals surface area contributed by atoms with E-state index in [1.54, 1.807) is 18.2 Å². The van der Waals surface area contributed by atoms with Crippen LogP contribution < -0.4 is 5.32 Å². The molecule has 0 saturated heterocycles. The van der Waals surface area contributed by atoms with Crippen molar-refractivity contribution in [1.29, 1.82) is 0 Å². The fraction of sp³-hybridized carbons (Fsp3) is 0.231. The summed E-state index contributed by atoms with van der Waals surface area (Å²) in [5.74, 6) is -0.224. The first-order chi connectivity index (χ1) is 9.15. The molecule has 1 amide bonds. The molecule has 0 radical (unpaired) electrons. The molecule has 0 spiro atoms. The monoisotopic (exact) mass is 295 g/mol. The summed E-state index contributed by atoms with van der Waals surface area (Å²) in [5, 5.41) is 10.6. The first-order valence-electron chi connectivity index (χ1n) is 5.97. The predicted molar refractivity (Wildman–Crippen MR) is 75.0 cm³/mol. The molecular formula is C13H11Cl2N3O. The van der Waals surface area contributed by atoms with Crippen LogP contribution in [0.4, 0.5) is 5.69 Å². The topological polar surface area (TPSA) is 57.8 Å². The van der Waals surface area contributed by atoms with E-state index in [1.807, 2.05) is 0 Å². The smallest absolute Gasteiger partial charge is 0.276 e. The predicted octanol–water partition coefficient (Wildman–Crippen LogP) is 3.46. The van der Waals surface area contributed by atoms with Crippen LogP contribution in [-0.2, 0) is 12.8 Å². The fourth-order valence-electron chi connectivity index (χ4n) is 2.27. The Kier molecular flexibility index (Phi) is 3.21. The molecule has 1 aromatic carbocycles. The summed E-state index contributed by atoms with van der Waals surface area (Å²) in [6.07, 6.45) is 2.93. The number of hydrogen-bond acceptors (Lipinski definition) is 2. The van der Waals surface area contributed by atoms with Crippen LogP contribution in [0.2, 0.25) is 10.0 Å². The van der Waals surface area contributed by atoms with Crippen LogP contribution in [0.3, 0.4) is 0 Å². The number of aromatic amines is 1. The van der Waals surface area contributed by atoms with E-state index in [4.69, 9.17) is 23.2 Å². The lowest BCUT2D eigenvalue weighted by Crippen LogP contribution is -2.14. The highest BCUT2D eigenvalue weighted by Crippen LogP contribution is 2.26. The maximum atomic E-state index is 12.2. The highest BCUT2D eigenvalue weighted by atomic mass is 35.5. The van der Waals surface area contributed by atoms with Gasteiger partial charge in [0, 0.05) is 16.9 Å². The number of rotatable bonds is 2. The molecule has 2 N–H and O–H groups in total. The molecule has 1 aliphatic rings. The van der Waals surface area contributed by atoms with Crippen molar-refractivity contribution in [1.82, 2.24) is 10.2 Å². The molecule has 0 aliphatic heterocycles. The molecule has 0 unspecified atom stereocenters. The third kappa shape index (κ3) is 2.33. The molecule has 0 saturated carbocycles. The maximum absolute atomic E-state index is 12.2. The molecule has 6 heteroatoms. The highest BCUT2D eigenvalue weighted by Gasteiger charge is 2.23. The summed E-state index contributed by atoms with van der Waals surface area (Å²) >= 11 is 11.7. The van der Waals surface area contributed by atoms with Gasteiger partial charge in [-0.2, -0.15) is 5.10 Å². The van der Waals surface area contributed by atoms with E-state index in [0.29, 0.717) is 21.4 Å². The molecule has 19 heavy (non-hydrogen) atoms. The Bertz CT molecular complexity index is 651. The highest BCUT2D eigenvalue weighted by molar-refractivity contribution is 6.42. The second-order valence-electron chi connectivity index (χ2n) is 4.47. The summed E-state index contributed by atoms with van der Waals surface area (Å²) in [7, 11) is 0. The molecule has 98 valence electrons. The zero-order valence-corrected chi connectivity index (χ0v) is 11.5. The van der Waals surface area contributed by atoms with E-state index in [2.05, 4.69) is 15.5 Å². The van der Waals surface area contributed by atoms with Crippen LogP contribution in [0.25, 0.3) is 0 Å². The van der Waals surface area contributed by atoms with Crippen molar-refractivity contribution in [2.24, 2.45) is 0 Å². The maximum Gasteiger partial charge on any atom is 0.276 e. The van der Waals surface area contributed by atoms with E-state index in [1.165, 1.54) is 0 Å². The van der Waals surface area contributed by atoms with Crippen molar-refractivity contribution in [3.05, 3.63) is 45.2 Å². The van der Waals surface area contributed by atoms with Crippen LogP contribution in [0.15, 0.2) is 18.2 Å². The van der Waals surface area contributed by atoms with Crippen molar-refractivity contribution in [3.63, 3.8) is 0 Å². The van der Waals surface area contributed by atoms with Gasteiger partial charge in [0.05, 0.1) is 10.0 Å². The van der Waals surface area contributed by atoms with Crippen molar-refractivity contribution >= 4 is 34.8 Å². The minimum Gasteiger partial charge on any atom is -0.321 e. The minimum absolute atomic E-state index is 0.224. The summed E-state index contributed by atoms with van der Waals surface area (Å²) in [5.41, 5.74) is 3.17. The number of anilines is 1. The van der Waals surface area contributed by atoms with Crippen LogP contribution >= 0.6 is 23.2 Å². The Hall–Kier alpha value is -1.52. The van der Waals surface area contributed by atoms with Gasteiger partial charge in [-0.1, -0.05) is 23.2 Å². The number of carbonyl (C=O) groups is 1. The Morgan fingerprint density at radius 2 is 2.11 bits per heavy atom. The van der Waals surface area contributed by atoms with Crippen molar-refractivity contribution < 1.29 is 4.79 Å². The number of fused-ring (bicyclic) bond motifs is 1. The molecule has 0 fully saturated rings. The molecule has 3 rings (SSSR count). The van der Waals surface area contributed by atoms with Gasteiger partial charge in [-0.15, -0.1) is 0 Å². The van der Waals surface area contributed by atoms with E-state index < -0.39 is 0 Å². The lowest BCUT2D eigenvalue weighted by Gasteiger charge is -2.05. The minimum atomic E-state index is -0.224. The molecule has 4 nitrogen and oxygen atoms in total. The number of halogens is 2. The van der Waals surface area contributed by atoms with Crippen LogP contribution in [0, 0.1) is 0 Å². The largest absolute Gasteiger partial charge is 0.321 e. The summed E-state index contributed by atoms with van der Waals surface area (Å²) in [6, 6.07) is 4.97. The Labute approximate surface area is 120 Å². The number of aryl methyl sites for hydroxylation is 1. The third-order valence-corrected chi connectivity index (χ3v) is 3.94. The SMILES string of the molecule is O=C(Nc1ccc(Cl)c(Cl)c1)c1n[nH]c2c1CCC2. The van der Waals surface area contributed by atoms with E-state index in [0.717, 1.165) is 30.5 Å². The van der Waals surface area contributed by atoms with Gasteiger partial charge in [0.15, 0.2) is 5.69 Å². The number of amides is 1. The third-order valence-electron chi connectivity index (χ3n) is 3.20. The molecule has 1 aliphatic carbocycles. The van der Waals surface area contributed by atoms with Crippen molar-refractivity contribution in [2.45, 2.75) is 19.3 Å². The summed E-state index contributed by atoms with van der Waals surface area (Å²) in [4.78, 5) is 12.2. The lowest BCUT2D eigenvalue weighted by molar-refractivity contribution is 0.102. The number of H-pyrrole nitrogens is 1. The molecule has 2 aromatic rings. The molecule has 0 bridgehead atoms. The van der Waals surface area contributed by atoms with Crippen molar-refractivity contribution in [2.75, 3.05) is 5.32 Å². The number of nitrogens with one attached hydrogen (secondary N) is 2. The number of nitrogens with zero attached hydrogens (tertiary/aromatic N) is 1. The Balaban J connectivity index is 1.83. The normalized spacial score (nSPS) is 13.4. The quantitative estimate of drug-likeness (QED) is 0.891. The fourth-order valence-corrected chi connectivity index (χ4v) is 2.57. The van der Waals surface area contributed by atoms with Gasteiger partial charge in [-0.05, 0) is 37.5 Å². The number of carbonyl (C=O) groups excluding carboxylic acids is 1. The van der Waals surface area contributed by atoms with Crippen LogP contribution in [0.5, 0.6) is 0 Å².